The lowest BCUT2D eigenvalue weighted by Crippen LogP contribution is -2.11. The molecule has 0 unspecified atom stereocenters. The molecule has 0 heterocycles. The third kappa shape index (κ3) is 4.49. The van der Waals surface area contributed by atoms with Crippen LogP contribution in [0.4, 0.5) is 11.4 Å². The fraction of sp³-hybridized carbons (Fsp3) is 0.250. The van der Waals surface area contributed by atoms with Crippen molar-refractivity contribution >= 4 is 11.4 Å². The molecule has 0 saturated carbocycles. The van der Waals surface area contributed by atoms with Gasteiger partial charge in [-0.2, -0.15) is 0 Å². The van der Waals surface area contributed by atoms with Crippen LogP contribution < -0.4 is 10.1 Å². The highest BCUT2D eigenvalue weighted by atomic mass is 16.6. The van der Waals surface area contributed by atoms with E-state index in [1.54, 1.807) is 12.1 Å². The van der Waals surface area contributed by atoms with Crippen LogP contribution >= 0.6 is 0 Å². The number of hydrogen-bond donors (Lipinski definition) is 1. The van der Waals surface area contributed by atoms with Crippen molar-refractivity contribution in [1.29, 1.82) is 0 Å². The highest BCUT2D eigenvalue weighted by Crippen LogP contribution is 2.17. The Morgan fingerprint density at radius 3 is 2.29 bits per heavy atom. The number of rotatable bonds is 6. The van der Waals surface area contributed by atoms with Crippen molar-refractivity contribution in [3.05, 3.63) is 63.7 Å². The Labute approximate surface area is 123 Å². The standard InChI is InChI=1S/C16H18N2O3/c1-12-9-13(2)11-14(10-12)17-7-8-21-16-5-3-15(4-6-16)18(19)20/h3-6,9-11,17H,7-8H2,1-2H3. The van der Waals surface area contributed by atoms with E-state index in [9.17, 15) is 10.1 Å². The van der Waals surface area contributed by atoms with Crippen LogP contribution in [0.3, 0.4) is 0 Å². The van der Waals surface area contributed by atoms with Crippen LogP contribution in [0.1, 0.15) is 11.1 Å². The van der Waals surface area contributed by atoms with E-state index in [1.807, 2.05) is 0 Å². The summed E-state index contributed by atoms with van der Waals surface area (Å²) in [5.41, 5.74) is 3.57. The Morgan fingerprint density at radius 2 is 1.71 bits per heavy atom. The van der Waals surface area contributed by atoms with Gasteiger partial charge in [0.1, 0.15) is 12.4 Å². The van der Waals surface area contributed by atoms with Crippen molar-refractivity contribution in [3.8, 4) is 5.75 Å². The summed E-state index contributed by atoms with van der Waals surface area (Å²) >= 11 is 0. The summed E-state index contributed by atoms with van der Waals surface area (Å²) in [6.07, 6.45) is 0. The molecule has 0 saturated heterocycles. The van der Waals surface area contributed by atoms with Gasteiger partial charge in [0.05, 0.1) is 4.92 Å². The van der Waals surface area contributed by atoms with Crippen molar-refractivity contribution in [2.75, 3.05) is 18.5 Å². The summed E-state index contributed by atoms with van der Waals surface area (Å²) in [5, 5.41) is 13.8. The van der Waals surface area contributed by atoms with Gasteiger partial charge < -0.3 is 10.1 Å². The predicted molar refractivity (Wildman–Crippen MR) is 83.0 cm³/mol. The van der Waals surface area contributed by atoms with Crippen LogP contribution in [-0.2, 0) is 0 Å². The fourth-order valence-corrected chi connectivity index (χ4v) is 2.11. The molecule has 0 aliphatic rings. The molecule has 0 aliphatic carbocycles. The molecular formula is C16H18N2O3. The number of hydrogen-bond acceptors (Lipinski definition) is 4. The fourth-order valence-electron chi connectivity index (χ4n) is 2.11. The summed E-state index contributed by atoms with van der Waals surface area (Å²) < 4.78 is 5.54. The molecule has 2 rings (SSSR count). The zero-order chi connectivity index (χ0) is 15.2. The molecule has 5 heteroatoms. The number of nitro groups is 1. The zero-order valence-corrected chi connectivity index (χ0v) is 12.1. The molecule has 0 amide bonds. The second-order valence-electron chi connectivity index (χ2n) is 4.90. The molecular weight excluding hydrogens is 268 g/mol. The van der Waals surface area contributed by atoms with Gasteiger partial charge in [-0.25, -0.2) is 0 Å². The maximum Gasteiger partial charge on any atom is 0.269 e. The first-order valence-corrected chi connectivity index (χ1v) is 6.74. The number of ether oxygens (including phenoxy) is 1. The molecule has 21 heavy (non-hydrogen) atoms. The number of non-ortho nitro benzene ring substituents is 1. The highest BCUT2D eigenvalue weighted by Gasteiger charge is 2.04. The molecule has 0 aromatic heterocycles. The van der Waals surface area contributed by atoms with Crippen molar-refractivity contribution in [1.82, 2.24) is 0 Å². The normalized spacial score (nSPS) is 10.2. The molecule has 2 aromatic rings. The van der Waals surface area contributed by atoms with Gasteiger partial charge >= 0.3 is 0 Å². The lowest BCUT2D eigenvalue weighted by molar-refractivity contribution is -0.384. The molecule has 0 bridgehead atoms. The first-order valence-electron chi connectivity index (χ1n) is 6.74. The van der Waals surface area contributed by atoms with Crippen LogP contribution in [0.25, 0.3) is 0 Å². The third-order valence-electron chi connectivity index (χ3n) is 2.97. The Morgan fingerprint density at radius 1 is 1.10 bits per heavy atom. The van der Waals surface area contributed by atoms with E-state index < -0.39 is 4.92 Å². The summed E-state index contributed by atoms with van der Waals surface area (Å²) in [4.78, 5) is 10.1. The molecule has 110 valence electrons. The largest absolute Gasteiger partial charge is 0.492 e. The summed E-state index contributed by atoms with van der Waals surface area (Å²) in [6.45, 7) is 5.28. The van der Waals surface area contributed by atoms with E-state index >= 15 is 0 Å². The zero-order valence-electron chi connectivity index (χ0n) is 12.1. The average molecular weight is 286 g/mol. The van der Waals surface area contributed by atoms with E-state index in [0.717, 1.165) is 5.69 Å². The lowest BCUT2D eigenvalue weighted by atomic mass is 10.1. The van der Waals surface area contributed by atoms with E-state index in [-0.39, 0.29) is 5.69 Å². The maximum absolute atomic E-state index is 10.5. The molecule has 5 nitrogen and oxygen atoms in total. The second-order valence-corrected chi connectivity index (χ2v) is 4.90. The van der Waals surface area contributed by atoms with Gasteiger partial charge in [-0.1, -0.05) is 6.07 Å². The van der Waals surface area contributed by atoms with E-state index in [4.69, 9.17) is 4.74 Å². The van der Waals surface area contributed by atoms with Crippen LogP contribution in [0, 0.1) is 24.0 Å². The number of nitrogens with zero attached hydrogens (tertiary/aromatic N) is 1. The second kappa shape index (κ2) is 6.74. The number of nitro benzene ring substituents is 1. The Hall–Kier alpha value is -2.56. The summed E-state index contributed by atoms with van der Waals surface area (Å²) in [5.74, 6) is 0.628. The van der Waals surface area contributed by atoms with Crippen molar-refractivity contribution in [3.63, 3.8) is 0 Å². The minimum atomic E-state index is -0.425. The monoisotopic (exact) mass is 286 g/mol. The van der Waals surface area contributed by atoms with Crippen molar-refractivity contribution < 1.29 is 9.66 Å². The van der Waals surface area contributed by atoms with Gasteiger partial charge in [0.15, 0.2) is 0 Å². The quantitative estimate of drug-likeness (QED) is 0.499. The van der Waals surface area contributed by atoms with Gasteiger partial charge in [0.25, 0.3) is 5.69 Å². The number of anilines is 1. The minimum Gasteiger partial charge on any atom is -0.492 e. The maximum atomic E-state index is 10.5. The molecule has 0 aliphatic heterocycles. The SMILES string of the molecule is Cc1cc(C)cc(NCCOc2ccc([N+](=O)[O-])cc2)c1. The van der Waals surface area contributed by atoms with Gasteiger partial charge in [-0.3, -0.25) is 10.1 Å². The number of benzene rings is 2. The molecule has 2 aromatic carbocycles. The van der Waals surface area contributed by atoms with E-state index in [1.165, 1.54) is 23.3 Å². The van der Waals surface area contributed by atoms with E-state index in [0.29, 0.717) is 18.9 Å². The first kappa shape index (κ1) is 14.8. The third-order valence-corrected chi connectivity index (χ3v) is 2.97. The number of aryl methyl sites for hydroxylation is 2. The van der Waals surface area contributed by atoms with Gasteiger partial charge in [-0.05, 0) is 49.2 Å². The van der Waals surface area contributed by atoms with Crippen LogP contribution in [0.5, 0.6) is 5.75 Å². The number of nitrogens with one attached hydrogen (secondary N) is 1. The van der Waals surface area contributed by atoms with Gasteiger partial charge in [0, 0.05) is 24.4 Å². The highest BCUT2D eigenvalue weighted by molar-refractivity contribution is 5.48. The van der Waals surface area contributed by atoms with Crippen molar-refractivity contribution in [2.45, 2.75) is 13.8 Å². The smallest absolute Gasteiger partial charge is 0.269 e. The molecule has 0 atom stereocenters. The summed E-state index contributed by atoms with van der Waals surface area (Å²) in [6, 6.07) is 12.4. The molecule has 0 fully saturated rings. The lowest BCUT2D eigenvalue weighted by Gasteiger charge is -2.10. The van der Waals surface area contributed by atoms with Crippen LogP contribution in [-0.4, -0.2) is 18.1 Å². The first-order chi connectivity index (χ1) is 10.0. The Balaban J connectivity index is 1.80. The molecule has 0 radical (unpaired) electrons. The van der Waals surface area contributed by atoms with Crippen molar-refractivity contribution in [2.24, 2.45) is 0 Å². The minimum absolute atomic E-state index is 0.0655. The molecule has 0 spiro atoms. The van der Waals surface area contributed by atoms with Crippen LogP contribution in [0.2, 0.25) is 0 Å². The summed E-state index contributed by atoms with van der Waals surface area (Å²) in [7, 11) is 0. The average Bonchev–Trinajstić information content (AvgIpc) is 2.43. The van der Waals surface area contributed by atoms with Gasteiger partial charge in [-0.15, -0.1) is 0 Å². The Bertz CT molecular complexity index is 604. The molecule has 1 N–H and O–H groups in total. The predicted octanol–water partition coefficient (Wildman–Crippen LogP) is 3.70. The topological polar surface area (TPSA) is 64.4 Å². The van der Waals surface area contributed by atoms with Gasteiger partial charge in [0.2, 0.25) is 0 Å². The Kier molecular flexibility index (Phi) is 4.77. The van der Waals surface area contributed by atoms with E-state index in [2.05, 4.69) is 37.4 Å². The van der Waals surface area contributed by atoms with Crippen LogP contribution in [0.15, 0.2) is 42.5 Å².